The number of aromatic nitrogens is 2. The molecule has 0 radical (unpaired) electrons. The van der Waals surface area contributed by atoms with E-state index in [1.165, 1.54) is 30.1 Å². The van der Waals surface area contributed by atoms with Gasteiger partial charge in [0.15, 0.2) is 0 Å². The predicted octanol–water partition coefficient (Wildman–Crippen LogP) is 1.50. The fraction of sp³-hybridized carbons (Fsp3) is 0.375. The van der Waals surface area contributed by atoms with Gasteiger partial charge in [0, 0.05) is 37.2 Å². The lowest BCUT2D eigenvalue weighted by Gasteiger charge is -2.26. The number of carboxylic acids is 1. The molecule has 9 heteroatoms. The summed E-state index contributed by atoms with van der Waals surface area (Å²) in [5, 5.41) is 14.6. The van der Waals surface area contributed by atoms with E-state index in [-0.39, 0.29) is 24.7 Å². The maximum absolute atomic E-state index is 12.7. The van der Waals surface area contributed by atoms with Crippen molar-refractivity contribution in [2.45, 2.75) is 26.8 Å². The Kier molecular flexibility index (Phi) is 5.92. The van der Waals surface area contributed by atoms with Crippen molar-refractivity contribution < 1.29 is 19.5 Å². The Balaban J connectivity index is 2.18. The Morgan fingerprint density at radius 3 is 2.72 bits per heavy atom. The van der Waals surface area contributed by atoms with Gasteiger partial charge in [0.05, 0.1) is 10.7 Å². The van der Waals surface area contributed by atoms with E-state index in [9.17, 15) is 19.5 Å². The van der Waals surface area contributed by atoms with Gasteiger partial charge < -0.3 is 20.3 Å². The second-order valence-electron chi connectivity index (χ2n) is 5.55. The lowest BCUT2D eigenvalue weighted by Crippen LogP contribution is -2.46. The summed E-state index contributed by atoms with van der Waals surface area (Å²) in [6, 6.07) is 0.631. The van der Waals surface area contributed by atoms with Crippen molar-refractivity contribution in [3.05, 3.63) is 28.3 Å². The van der Waals surface area contributed by atoms with Crippen LogP contribution in [0.15, 0.2) is 17.6 Å². The third-order valence-corrected chi connectivity index (χ3v) is 4.41. The van der Waals surface area contributed by atoms with E-state index in [1.54, 1.807) is 12.3 Å². The van der Waals surface area contributed by atoms with E-state index >= 15 is 0 Å². The summed E-state index contributed by atoms with van der Waals surface area (Å²) in [6.45, 7) is 4.96. The molecule has 2 rings (SSSR count). The van der Waals surface area contributed by atoms with Crippen molar-refractivity contribution in [2.24, 2.45) is 0 Å². The molecule has 134 valence electrons. The Bertz CT molecular complexity index is 783. The Hall–Kier alpha value is -2.68. The molecule has 0 saturated carbocycles. The number of carbonyl (C=O) groups excluding carboxylic acids is 2. The number of amides is 2. The number of H-pyrrole nitrogens is 1. The lowest BCUT2D eigenvalue weighted by molar-refractivity contribution is -0.141. The summed E-state index contributed by atoms with van der Waals surface area (Å²) in [4.78, 5) is 43.5. The van der Waals surface area contributed by atoms with E-state index in [0.29, 0.717) is 0 Å². The van der Waals surface area contributed by atoms with Gasteiger partial charge in [-0.3, -0.25) is 9.59 Å². The number of hydrogen-bond donors (Lipinski definition) is 3. The molecule has 3 N–H and O–H groups in total. The maximum atomic E-state index is 12.7. The zero-order chi connectivity index (χ0) is 18.6. The number of thiazole rings is 1. The molecule has 25 heavy (non-hydrogen) atoms. The summed E-state index contributed by atoms with van der Waals surface area (Å²) < 4.78 is 0. The molecular weight excluding hydrogens is 344 g/mol. The first-order valence-corrected chi connectivity index (χ1v) is 8.56. The second kappa shape index (κ2) is 7.93. The molecule has 2 aromatic heterocycles. The average Bonchev–Trinajstić information content (AvgIpc) is 3.18. The van der Waals surface area contributed by atoms with Gasteiger partial charge in [-0.1, -0.05) is 0 Å². The molecule has 0 fully saturated rings. The van der Waals surface area contributed by atoms with Gasteiger partial charge >= 0.3 is 5.97 Å². The fourth-order valence-corrected chi connectivity index (χ4v) is 2.90. The first-order valence-electron chi connectivity index (χ1n) is 7.68. The van der Waals surface area contributed by atoms with Gasteiger partial charge in [-0.15, -0.1) is 11.3 Å². The number of rotatable bonds is 7. The number of nitrogens with zero attached hydrogens (tertiary/aromatic N) is 2. The highest BCUT2D eigenvalue weighted by Gasteiger charge is 2.27. The van der Waals surface area contributed by atoms with Crippen LogP contribution in [-0.4, -0.2) is 56.9 Å². The van der Waals surface area contributed by atoms with Gasteiger partial charge in [-0.25, -0.2) is 9.78 Å². The van der Waals surface area contributed by atoms with Crippen LogP contribution in [-0.2, 0) is 9.59 Å². The number of aliphatic carboxylic acids is 1. The molecule has 0 aliphatic rings. The van der Waals surface area contributed by atoms with Crippen molar-refractivity contribution in [1.82, 2.24) is 20.2 Å². The number of hydrogen-bond acceptors (Lipinski definition) is 5. The standard InChI is InChI=1S/C16H20N4O4S/c1-9(16(23)24)20(5-4-17-10(2)21)15(22)13-6-12(7-18-13)14-8-25-11(3)19-14/h6-9,18H,4-5H2,1-3H3,(H,17,21)(H,23,24). The minimum atomic E-state index is -1.11. The zero-order valence-corrected chi connectivity index (χ0v) is 15.0. The average molecular weight is 364 g/mol. The van der Waals surface area contributed by atoms with Crippen LogP contribution in [0.2, 0.25) is 0 Å². The molecule has 2 aromatic rings. The van der Waals surface area contributed by atoms with Crippen LogP contribution in [0.25, 0.3) is 11.3 Å². The van der Waals surface area contributed by atoms with Crippen molar-refractivity contribution in [3.63, 3.8) is 0 Å². The highest BCUT2D eigenvalue weighted by Crippen LogP contribution is 2.23. The van der Waals surface area contributed by atoms with Crippen LogP contribution in [0.1, 0.15) is 29.3 Å². The van der Waals surface area contributed by atoms with Crippen LogP contribution in [0.5, 0.6) is 0 Å². The molecule has 0 bridgehead atoms. The maximum Gasteiger partial charge on any atom is 0.326 e. The highest BCUT2D eigenvalue weighted by atomic mass is 32.1. The fourth-order valence-electron chi connectivity index (χ4n) is 2.27. The summed E-state index contributed by atoms with van der Waals surface area (Å²) in [6.07, 6.45) is 1.67. The number of carboxylic acid groups (broad SMARTS) is 1. The largest absolute Gasteiger partial charge is 0.480 e. The van der Waals surface area contributed by atoms with E-state index in [0.717, 1.165) is 16.3 Å². The summed E-state index contributed by atoms with van der Waals surface area (Å²) in [7, 11) is 0. The minimum absolute atomic E-state index is 0.0933. The number of aromatic amines is 1. The number of nitrogens with one attached hydrogen (secondary N) is 2. The zero-order valence-electron chi connectivity index (χ0n) is 14.2. The monoisotopic (exact) mass is 364 g/mol. The first-order chi connectivity index (χ1) is 11.8. The van der Waals surface area contributed by atoms with Crippen LogP contribution in [0.3, 0.4) is 0 Å². The molecule has 8 nitrogen and oxygen atoms in total. The normalized spacial score (nSPS) is 11.8. The summed E-state index contributed by atoms with van der Waals surface area (Å²) >= 11 is 1.51. The molecule has 2 amide bonds. The molecule has 1 unspecified atom stereocenters. The molecule has 0 aliphatic carbocycles. The van der Waals surface area contributed by atoms with Gasteiger partial charge in [0.1, 0.15) is 11.7 Å². The van der Waals surface area contributed by atoms with Gasteiger partial charge in [0.2, 0.25) is 5.91 Å². The van der Waals surface area contributed by atoms with Crippen LogP contribution in [0.4, 0.5) is 0 Å². The van der Waals surface area contributed by atoms with E-state index < -0.39 is 17.9 Å². The first kappa shape index (κ1) is 18.7. The number of aryl methyl sites for hydroxylation is 1. The van der Waals surface area contributed by atoms with Crippen LogP contribution in [0, 0.1) is 6.92 Å². The third-order valence-electron chi connectivity index (χ3n) is 3.64. The Labute approximate surface area is 148 Å². The number of carbonyl (C=O) groups is 3. The summed E-state index contributed by atoms with van der Waals surface area (Å²) in [5.41, 5.74) is 1.79. The minimum Gasteiger partial charge on any atom is -0.480 e. The molecule has 0 aliphatic heterocycles. The molecule has 0 saturated heterocycles. The molecular formula is C16H20N4O4S. The molecule has 1 atom stereocenters. The third kappa shape index (κ3) is 4.66. The highest BCUT2D eigenvalue weighted by molar-refractivity contribution is 7.09. The van der Waals surface area contributed by atoms with E-state index in [2.05, 4.69) is 15.3 Å². The van der Waals surface area contributed by atoms with Gasteiger partial charge in [-0.2, -0.15) is 0 Å². The molecule has 0 aromatic carbocycles. The second-order valence-corrected chi connectivity index (χ2v) is 6.61. The van der Waals surface area contributed by atoms with E-state index in [4.69, 9.17) is 0 Å². The Morgan fingerprint density at radius 1 is 1.44 bits per heavy atom. The van der Waals surface area contributed by atoms with Crippen LogP contribution >= 0.6 is 11.3 Å². The van der Waals surface area contributed by atoms with Crippen molar-refractivity contribution in [3.8, 4) is 11.3 Å². The predicted molar refractivity (Wildman–Crippen MR) is 93.5 cm³/mol. The van der Waals surface area contributed by atoms with Crippen molar-refractivity contribution in [1.29, 1.82) is 0 Å². The molecule has 2 heterocycles. The van der Waals surface area contributed by atoms with Crippen LogP contribution < -0.4 is 5.32 Å². The van der Waals surface area contributed by atoms with Gasteiger partial charge in [0.25, 0.3) is 5.91 Å². The van der Waals surface area contributed by atoms with Crippen molar-refractivity contribution >= 4 is 29.1 Å². The van der Waals surface area contributed by atoms with Crippen molar-refractivity contribution in [2.75, 3.05) is 13.1 Å². The Morgan fingerprint density at radius 2 is 2.16 bits per heavy atom. The SMILES string of the molecule is CC(=O)NCCN(C(=O)c1cc(-c2csc(C)n2)c[nH]1)C(C)C(=O)O. The molecule has 0 spiro atoms. The smallest absolute Gasteiger partial charge is 0.326 e. The summed E-state index contributed by atoms with van der Waals surface area (Å²) in [5.74, 6) is -1.80. The lowest BCUT2D eigenvalue weighted by atomic mass is 10.2. The van der Waals surface area contributed by atoms with Gasteiger partial charge in [-0.05, 0) is 19.9 Å². The van der Waals surface area contributed by atoms with E-state index in [1.807, 2.05) is 12.3 Å². The topological polar surface area (TPSA) is 115 Å². The quantitative estimate of drug-likeness (QED) is 0.688.